The summed E-state index contributed by atoms with van der Waals surface area (Å²) in [7, 11) is 1.46. The van der Waals surface area contributed by atoms with Gasteiger partial charge >= 0.3 is 5.97 Å². The van der Waals surface area contributed by atoms with E-state index in [-0.39, 0.29) is 5.97 Å². The molecule has 1 aliphatic heterocycles. The quantitative estimate of drug-likeness (QED) is 0.795. The van der Waals surface area contributed by atoms with Crippen molar-refractivity contribution in [3.05, 3.63) is 34.3 Å². The molecule has 0 amide bonds. The second kappa shape index (κ2) is 7.06. The number of hydrogen-bond donors (Lipinski definition) is 0. The molecule has 1 aliphatic rings. The Morgan fingerprint density at radius 1 is 1.42 bits per heavy atom. The van der Waals surface area contributed by atoms with Crippen molar-refractivity contribution in [2.45, 2.75) is 38.3 Å². The summed E-state index contributed by atoms with van der Waals surface area (Å²) in [5.74, 6) is -0.107. The van der Waals surface area contributed by atoms with Crippen molar-refractivity contribution in [2.24, 2.45) is 0 Å². The number of likely N-dealkylation sites (tertiary alicyclic amines) is 1. The molecule has 104 valence electrons. The zero-order chi connectivity index (χ0) is 13.7. The summed E-state index contributed by atoms with van der Waals surface area (Å²) in [6, 6.07) is 8.59. The molecule has 0 saturated carbocycles. The number of halogens is 1. The van der Waals surface area contributed by atoms with Crippen molar-refractivity contribution in [2.75, 3.05) is 13.7 Å². The number of piperidine rings is 1. The molecule has 0 N–H and O–H groups in total. The van der Waals surface area contributed by atoms with Crippen LogP contribution in [0.4, 0.5) is 0 Å². The molecule has 1 atom stereocenters. The van der Waals surface area contributed by atoms with Crippen molar-refractivity contribution < 1.29 is 9.53 Å². The highest BCUT2D eigenvalue weighted by Crippen LogP contribution is 2.25. The molecule has 1 aromatic carbocycles. The van der Waals surface area contributed by atoms with Gasteiger partial charge in [0, 0.05) is 17.1 Å². The third kappa shape index (κ3) is 4.05. The molecule has 1 aromatic rings. The maximum atomic E-state index is 11.5. The van der Waals surface area contributed by atoms with Crippen LogP contribution in [0, 0.1) is 0 Å². The van der Waals surface area contributed by atoms with Crippen molar-refractivity contribution in [3.63, 3.8) is 0 Å². The lowest BCUT2D eigenvalue weighted by Crippen LogP contribution is -2.40. The lowest BCUT2D eigenvalue weighted by atomic mass is 9.98. The van der Waals surface area contributed by atoms with Crippen molar-refractivity contribution in [1.82, 2.24) is 4.90 Å². The fourth-order valence-electron chi connectivity index (χ4n) is 2.62. The molecular weight excluding hydrogens is 306 g/mol. The summed E-state index contributed by atoms with van der Waals surface area (Å²) in [4.78, 5) is 13.9. The number of carbonyl (C=O) groups excluding carboxylic acids is 1. The van der Waals surface area contributed by atoms with Crippen LogP contribution in [0.5, 0.6) is 0 Å². The van der Waals surface area contributed by atoms with Gasteiger partial charge in [0.1, 0.15) is 0 Å². The zero-order valence-electron chi connectivity index (χ0n) is 11.3. The summed E-state index contributed by atoms with van der Waals surface area (Å²) >= 11 is 3.59. The van der Waals surface area contributed by atoms with Gasteiger partial charge in [0.25, 0.3) is 0 Å². The highest BCUT2D eigenvalue weighted by Gasteiger charge is 2.25. The second-order valence-corrected chi connectivity index (χ2v) is 5.85. The van der Waals surface area contributed by atoms with Gasteiger partial charge in [-0.1, -0.05) is 40.5 Å². The number of carbonyl (C=O) groups is 1. The third-order valence-electron chi connectivity index (χ3n) is 3.71. The number of nitrogens with zero attached hydrogens (tertiary/aromatic N) is 1. The Kier molecular flexibility index (Phi) is 5.40. The van der Waals surface area contributed by atoms with Gasteiger partial charge in [0.15, 0.2) is 0 Å². The van der Waals surface area contributed by atoms with Gasteiger partial charge in [-0.05, 0) is 31.0 Å². The summed E-state index contributed by atoms with van der Waals surface area (Å²) in [5.41, 5.74) is 1.28. The van der Waals surface area contributed by atoms with Gasteiger partial charge in [0.2, 0.25) is 0 Å². The number of benzene rings is 1. The monoisotopic (exact) mass is 325 g/mol. The summed E-state index contributed by atoms with van der Waals surface area (Å²) in [6.45, 7) is 1.95. The van der Waals surface area contributed by atoms with E-state index in [9.17, 15) is 4.79 Å². The number of hydrogen-bond acceptors (Lipinski definition) is 3. The SMILES string of the molecule is COC(=O)CC1CCCCN1Cc1ccccc1Br. The predicted octanol–water partition coefficient (Wildman–Crippen LogP) is 3.37. The highest BCUT2D eigenvalue weighted by molar-refractivity contribution is 9.10. The van der Waals surface area contributed by atoms with Crippen molar-refractivity contribution in [1.29, 1.82) is 0 Å². The molecule has 2 rings (SSSR count). The highest BCUT2D eigenvalue weighted by atomic mass is 79.9. The molecule has 1 heterocycles. The second-order valence-electron chi connectivity index (χ2n) is 4.99. The molecule has 0 bridgehead atoms. The number of ether oxygens (including phenoxy) is 1. The largest absolute Gasteiger partial charge is 0.469 e. The molecule has 1 saturated heterocycles. The van der Waals surface area contributed by atoms with E-state index in [1.807, 2.05) is 6.07 Å². The van der Waals surface area contributed by atoms with Crippen LogP contribution in [-0.2, 0) is 16.1 Å². The van der Waals surface area contributed by atoms with Crippen LogP contribution < -0.4 is 0 Å². The number of methoxy groups -OCH3 is 1. The van der Waals surface area contributed by atoms with Gasteiger partial charge in [-0.3, -0.25) is 9.69 Å². The first kappa shape index (κ1) is 14.5. The summed E-state index contributed by atoms with van der Waals surface area (Å²) in [5, 5.41) is 0. The van der Waals surface area contributed by atoms with E-state index in [0.717, 1.165) is 24.0 Å². The van der Waals surface area contributed by atoms with E-state index < -0.39 is 0 Å². The van der Waals surface area contributed by atoms with Crippen LogP contribution in [0.25, 0.3) is 0 Å². The Labute approximate surface area is 123 Å². The van der Waals surface area contributed by atoms with Crippen LogP contribution >= 0.6 is 15.9 Å². The first-order valence-corrected chi connectivity index (χ1v) is 7.54. The smallest absolute Gasteiger partial charge is 0.307 e. The van der Waals surface area contributed by atoms with Crippen molar-refractivity contribution >= 4 is 21.9 Å². The summed E-state index contributed by atoms with van der Waals surface area (Å²) in [6.07, 6.45) is 4.00. The predicted molar refractivity (Wildman–Crippen MR) is 78.8 cm³/mol. The normalized spacial score (nSPS) is 20.2. The van der Waals surface area contributed by atoms with Gasteiger partial charge in [-0.2, -0.15) is 0 Å². The molecule has 1 unspecified atom stereocenters. The van der Waals surface area contributed by atoms with E-state index in [2.05, 4.69) is 39.0 Å². The maximum absolute atomic E-state index is 11.5. The van der Waals surface area contributed by atoms with Crippen LogP contribution in [0.1, 0.15) is 31.2 Å². The maximum Gasteiger partial charge on any atom is 0.307 e. The average molecular weight is 326 g/mol. The Hall–Kier alpha value is -0.870. The summed E-state index contributed by atoms with van der Waals surface area (Å²) < 4.78 is 5.94. The minimum absolute atomic E-state index is 0.107. The molecule has 19 heavy (non-hydrogen) atoms. The Morgan fingerprint density at radius 3 is 2.95 bits per heavy atom. The molecule has 0 aliphatic carbocycles. The van der Waals surface area contributed by atoms with Gasteiger partial charge in [-0.15, -0.1) is 0 Å². The number of esters is 1. The Morgan fingerprint density at radius 2 is 2.21 bits per heavy atom. The minimum Gasteiger partial charge on any atom is -0.469 e. The van der Waals surface area contributed by atoms with E-state index in [0.29, 0.717) is 12.5 Å². The van der Waals surface area contributed by atoms with E-state index in [1.165, 1.54) is 25.5 Å². The molecule has 3 nitrogen and oxygen atoms in total. The van der Waals surface area contributed by atoms with Crippen molar-refractivity contribution in [3.8, 4) is 0 Å². The average Bonchev–Trinajstić information content (AvgIpc) is 2.43. The van der Waals surface area contributed by atoms with Gasteiger partial charge < -0.3 is 4.74 Å². The van der Waals surface area contributed by atoms with Gasteiger partial charge in [0.05, 0.1) is 13.5 Å². The molecular formula is C15H20BrNO2. The van der Waals surface area contributed by atoms with Crippen LogP contribution in [0.15, 0.2) is 28.7 Å². The van der Waals surface area contributed by atoms with E-state index in [4.69, 9.17) is 4.74 Å². The zero-order valence-corrected chi connectivity index (χ0v) is 12.9. The topological polar surface area (TPSA) is 29.5 Å². The van der Waals surface area contributed by atoms with Crippen LogP contribution in [0.3, 0.4) is 0 Å². The lowest BCUT2D eigenvalue weighted by molar-refractivity contribution is -0.142. The molecule has 0 aromatic heterocycles. The number of rotatable bonds is 4. The Bertz CT molecular complexity index is 436. The van der Waals surface area contributed by atoms with Crippen LogP contribution in [0.2, 0.25) is 0 Å². The Balaban J connectivity index is 2.03. The molecule has 0 spiro atoms. The fourth-order valence-corrected chi connectivity index (χ4v) is 3.03. The molecule has 1 fully saturated rings. The van der Waals surface area contributed by atoms with E-state index in [1.54, 1.807) is 0 Å². The van der Waals surface area contributed by atoms with E-state index >= 15 is 0 Å². The minimum atomic E-state index is -0.107. The third-order valence-corrected chi connectivity index (χ3v) is 4.48. The first-order valence-electron chi connectivity index (χ1n) is 6.75. The first-order chi connectivity index (χ1) is 9.20. The molecule has 4 heteroatoms. The standard InChI is InChI=1S/C15H20BrNO2/c1-19-15(18)10-13-7-4-5-9-17(13)11-12-6-2-3-8-14(12)16/h2-3,6,8,13H,4-5,7,9-11H2,1H3. The lowest BCUT2D eigenvalue weighted by Gasteiger charge is -2.35. The van der Waals surface area contributed by atoms with Gasteiger partial charge in [-0.25, -0.2) is 0 Å². The molecule has 0 radical (unpaired) electrons. The van der Waals surface area contributed by atoms with Crippen LogP contribution in [-0.4, -0.2) is 30.6 Å². The fraction of sp³-hybridized carbons (Fsp3) is 0.533.